The van der Waals surface area contributed by atoms with E-state index < -0.39 is 0 Å². The van der Waals surface area contributed by atoms with Crippen molar-refractivity contribution in [2.45, 2.75) is 16.7 Å². The Morgan fingerprint density at radius 2 is 1.44 bits per heavy atom. The van der Waals surface area contributed by atoms with Gasteiger partial charge in [-0.25, -0.2) is 0 Å². The van der Waals surface area contributed by atoms with Gasteiger partial charge in [-0.1, -0.05) is 102 Å². The van der Waals surface area contributed by atoms with Crippen LogP contribution < -0.4 is 15.8 Å². The zero-order valence-corrected chi connectivity index (χ0v) is 22.3. The molecule has 0 unspecified atom stereocenters. The number of fused-ring (bicyclic) bond motifs is 9. The first-order chi connectivity index (χ1) is 19.2. The van der Waals surface area contributed by atoms with Crippen molar-refractivity contribution in [1.82, 2.24) is 4.98 Å². The van der Waals surface area contributed by atoms with Crippen LogP contribution in [0.1, 0.15) is 5.56 Å². The zero-order chi connectivity index (χ0) is 25.7. The predicted molar refractivity (Wildman–Crippen MR) is 169 cm³/mol. The molecule has 0 aliphatic carbocycles. The van der Waals surface area contributed by atoms with Gasteiger partial charge in [-0.3, -0.25) is 0 Å². The van der Waals surface area contributed by atoms with Gasteiger partial charge in [0.1, 0.15) is 0 Å². The number of aromatic amines is 1. The number of anilines is 3. The maximum absolute atomic E-state index is 3.88. The number of rotatable bonds is 1. The quantitative estimate of drug-likeness (QED) is 0.223. The molecule has 0 bridgehead atoms. The van der Waals surface area contributed by atoms with Gasteiger partial charge in [-0.15, -0.1) is 0 Å². The number of nitrogens with zero attached hydrogens (tertiary/aromatic N) is 1. The minimum absolute atomic E-state index is 0.924. The summed E-state index contributed by atoms with van der Waals surface area (Å²) in [5.74, 6) is 0. The van der Waals surface area contributed by atoms with Crippen molar-refractivity contribution >= 4 is 79.6 Å². The summed E-state index contributed by atoms with van der Waals surface area (Å²) in [5.41, 5.74) is 13.0. The highest BCUT2D eigenvalue weighted by Crippen LogP contribution is 2.51. The molecule has 0 spiro atoms. The lowest BCUT2D eigenvalue weighted by atomic mass is 9.58. The second-order valence-corrected chi connectivity index (χ2v) is 11.8. The Labute approximate surface area is 231 Å². The number of para-hydroxylation sites is 3. The molecule has 7 aromatic rings. The van der Waals surface area contributed by atoms with E-state index in [2.05, 4.69) is 126 Å². The third kappa shape index (κ3) is 2.95. The monoisotopic (exact) mass is 514 g/mol. The molecule has 0 radical (unpaired) electrons. The lowest BCUT2D eigenvalue weighted by Gasteiger charge is -2.39. The molecule has 2 aliphatic rings. The van der Waals surface area contributed by atoms with Gasteiger partial charge in [0.15, 0.2) is 7.28 Å². The average molecular weight is 514 g/mol. The largest absolute Gasteiger partial charge is 0.353 e. The van der Waals surface area contributed by atoms with E-state index in [0.717, 1.165) is 7.28 Å². The molecule has 0 saturated heterocycles. The maximum Gasteiger partial charge on any atom is 0.198 e. The van der Waals surface area contributed by atoms with Crippen LogP contribution in [0, 0.1) is 6.92 Å². The van der Waals surface area contributed by atoms with Gasteiger partial charge in [0.25, 0.3) is 0 Å². The van der Waals surface area contributed by atoms with Gasteiger partial charge >= 0.3 is 0 Å². The highest BCUT2D eigenvalue weighted by Gasteiger charge is 2.33. The first kappa shape index (κ1) is 21.5. The normalized spacial score (nSPS) is 13.3. The predicted octanol–water partition coefficient (Wildman–Crippen LogP) is 8.08. The van der Waals surface area contributed by atoms with E-state index in [0.29, 0.717) is 0 Å². The van der Waals surface area contributed by atoms with Crippen molar-refractivity contribution in [3.05, 3.63) is 115 Å². The van der Waals surface area contributed by atoms with Crippen molar-refractivity contribution in [2.24, 2.45) is 0 Å². The molecule has 39 heavy (non-hydrogen) atoms. The third-order valence-corrected chi connectivity index (χ3v) is 9.55. The van der Waals surface area contributed by atoms with Crippen molar-refractivity contribution in [3.63, 3.8) is 0 Å². The molecular formula is C35H23BN2S. The molecule has 3 heterocycles. The van der Waals surface area contributed by atoms with Gasteiger partial charge in [-0.2, -0.15) is 0 Å². The van der Waals surface area contributed by atoms with E-state index >= 15 is 0 Å². The van der Waals surface area contributed by atoms with E-state index in [9.17, 15) is 0 Å². The number of benzene rings is 6. The fourth-order valence-electron chi connectivity index (χ4n) is 6.77. The highest BCUT2D eigenvalue weighted by molar-refractivity contribution is 7.99. The molecule has 6 aromatic carbocycles. The summed E-state index contributed by atoms with van der Waals surface area (Å²) in [6, 6.07) is 40.3. The Balaban J connectivity index is 1.35. The first-order valence-corrected chi connectivity index (χ1v) is 14.3. The van der Waals surface area contributed by atoms with E-state index in [1.54, 1.807) is 0 Å². The SMILES string of the molecule is Cc1cc(-c2cccc3c2[nH]c2c4ccccc4ccc32)c2c(c1)N1c3ccccc3Sc3cccc(c31)B2. The molecule has 0 amide bonds. The molecular weight excluding hydrogens is 491 g/mol. The summed E-state index contributed by atoms with van der Waals surface area (Å²) in [6.07, 6.45) is 0. The molecule has 2 aliphatic heterocycles. The Morgan fingerprint density at radius 3 is 2.41 bits per heavy atom. The van der Waals surface area contributed by atoms with E-state index in [1.807, 2.05) is 11.8 Å². The lowest BCUT2D eigenvalue weighted by Crippen LogP contribution is -2.42. The second-order valence-electron chi connectivity index (χ2n) is 10.7. The molecule has 1 aromatic heterocycles. The van der Waals surface area contributed by atoms with Crippen LogP contribution in [0.2, 0.25) is 0 Å². The summed E-state index contributed by atoms with van der Waals surface area (Å²) in [4.78, 5) is 9.04. The second kappa shape index (κ2) is 7.81. The van der Waals surface area contributed by atoms with Crippen LogP contribution in [0.5, 0.6) is 0 Å². The number of hydrogen-bond acceptors (Lipinski definition) is 2. The Hall–Kier alpha value is -4.41. The first-order valence-electron chi connectivity index (χ1n) is 13.5. The number of aryl methyl sites for hydroxylation is 1. The Bertz CT molecular complexity index is 2160. The fraction of sp³-hybridized carbons (Fsp3) is 0.0286. The van der Waals surface area contributed by atoms with E-state index in [1.165, 1.54) is 87.0 Å². The number of nitrogens with one attached hydrogen (secondary N) is 1. The topological polar surface area (TPSA) is 19.0 Å². The highest BCUT2D eigenvalue weighted by atomic mass is 32.2. The van der Waals surface area contributed by atoms with Crippen LogP contribution in [-0.2, 0) is 0 Å². The summed E-state index contributed by atoms with van der Waals surface area (Å²) < 4.78 is 0. The van der Waals surface area contributed by atoms with Gasteiger partial charge in [0.05, 0.1) is 22.4 Å². The maximum atomic E-state index is 3.88. The molecule has 9 rings (SSSR count). The number of aromatic nitrogens is 1. The molecule has 1 N–H and O–H groups in total. The molecule has 2 nitrogen and oxygen atoms in total. The summed E-state index contributed by atoms with van der Waals surface area (Å²) >= 11 is 1.89. The summed E-state index contributed by atoms with van der Waals surface area (Å²) in [7, 11) is 0.924. The van der Waals surface area contributed by atoms with Crippen molar-refractivity contribution in [1.29, 1.82) is 0 Å². The van der Waals surface area contributed by atoms with Crippen molar-refractivity contribution in [2.75, 3.05) is 4.90 Å². The average Bonchev–Trinajstić information content (AvgIpc) is 3.36. The Kier molecular flexibility index (Phi) is 4.31. The van der Waals surface area contributed by atoms with Gasteiger partial charge < -0.3 is 9.88 Å². The Morgan fingerprint density at radius 1 is 0.641 bits per heavy atom. The van der Waals surface area contributed by atoms with E-state index in [4.69, 9.17) is 0 Å². The van der Waals surface area contributed by atoms with Crippen molar-refractivity contribution < 1.29 is 0 Å². The standard InChI is InChI=1S/C35H23BN2S/c1-20-18-26(24-11-6-10-23-25-17-16-21-8-2-3-9-22(21)33(25)37-34(23)24)32-29(19-20)38-28-13-4-5-14-30(28)39-31-15-7-12-27(36-32)35(31)38/h2-19,36-37H,1H3. The minimum Gasteiger partial charge on any atom is -0.353 e. The molecule has 0 saturated carbocycles. The van der Waals surface area contributed by atoms with E-state index in [-0.39, 0.29) is 0 Å². The smallest absolute Gasteiger partial charge is 0.198 e. The minimum atomic E-state index is 0.924. The summed E-state index contributed by atoms with van der Waals surface area (Å²) in [6.45, 7) is 2.23. The molecule has 4 heteroatoms. The fourth-order valence-corrected chi connectivity index (χ4v) is 7.88. The third-order valence-electron chi connectivity index (χ3n) is 8.43. The molecule has 0 atom stereocenters. The van der Waals surface area contributed by atoms with Crippen LogP contribution >= 0.6 is 11.8 Å². The number of hydrogen-bond donors (Lipinski definition) is 1. The van der Waals surface area contributed by atoms with Crippen LogP contribution in [-0.4, -0.2) is 12.3 Å². The number of H-pyrrole nitrogens is 1. The van der Waals surface area contributed by atoms with Gasteiger partial charge in [0, 0.05) is 37.2 Å². The van der Waals surface area contributed by atoms with Gasteiger partial charge in [0.2, 0.25) is 0 Å². The van der Waals surface area contributed by atoms with Crippen LogP contribution in [0.15, 0.2) is 119 Å². The molecule has 182 valence electrons. The van der Waals surface area contributed by atoms with Crippen molar-refractivity contribution in [3.8, 4) is 11.1 Å². The zero-order valence-electron chi connectivity index (χ0n) is 21.5. The summed E-state index contributed by atoms with van der Waals surface area (Å²) in [5, 5.41) is 5.10. The van der Waals surface area contributed by atoms with Gasteiger partial charge in [-0.05, 0) is 53.2 Å². The van der Waals surface area contributed by atoms with Crippen LogP contribution in [0.25, 0.3) is 43.7 Å². The lowest BCUT2D eigenvalue weighted by molar-refractivity contribution is 1.17. The molecule has 0 fully saturated rings. The van der Waals surface area contributed by atoms with Crippen LogP contribution in [0.3, 0.4) is 0 Å². The van der Waals surface area contributed by atoms with Crippen LogP contribution in [0.4, 0.5) is 17.1 Å².